The van der Waals surface area contributed by atoms with Crippen LogP contribution in [-0.4, -0.2) is 0 Å². The number of hydrogen-bond donors (Lipinski definition) is 1. The molecule has 2 N–H and O–H groups in total. The monoisotopic (exact) mass is 213 g/mol. The van der Waals surface area contributed by atoms with Gasteiger partial charge in [0.2, 0.25) is 0 Å². The molecule has 0 amide bonds. The molecule has 0 bridgehead atoms. The first kappa shape index (κ1) is 9.94. The van der Waals surface area contributed by atoms with E-state index >= 15 is 0 Å². The van der Waals surface area contributed by atoms with Crippen LogP contribution >= 0.6 is 11.6 Å². The fourth-order valence-corrected chi connectivity index (χ4v) is 2.01. The molecule has 1 aliphatic rings. The van der Waals surface area contributed by atoms with Gasteiger partial charge in [-0.2, -0.15) is 0 Å². The molecule has 1 fully saturated rings. The fraction of sp³-hybridized carbons (Fsp3) is 0.455. The van der Waals surface area contributed by atoms with E-state index in [0.717, 1.165) is 12.8 Å². The van der Waals surface area contributed by atoms with Gasteiger partial charge >= 0.3 is 0 Å². The molecule has 1 aliphatic carbocycles. The number of rotatable bonds is 2. The summed E-state index contributed by atoms with van der Waals surface area (Å²) in [5, 5.41) is 0.164. The van der Waals surface area contributed by atoms with Crippen molar-refractivity contribution >= 4 is 11.6 Å². The van der Waals surface area contributed by atoms with E-state index in [4.69, 9.17) is 17.3 Å². The van der Waals surface area contributed by atoms with Crippen LogP contribution in [0.4, 0.5) is 4.39 Å². The molecule has 1 atom stereocenters. The minimum Gasteiger partial charge on any atom is -0.324 e. The van der Waals surface area contributed by atoms with Gasteiger partial charge < -0.3 is 5.73 Å². The van der Waals surface area contributed by atoms with Crippen LogP contribution in [0.5, 0.6) is 0 Å². The van der Waals surface area contributed by atoms with Crippen LogP contribution in [0.1, 0.15) is 30.9 Å². The van der Waals surface area contributed by atoms with Crippen LogP contribution in [0, 0.1) is 11.7 Å². The van der Waals surface area contributed by atoms with Gasteiger partial charge in [-0.1, -0.05) is 30.2 Å². The molecule has 0 radical (unpaired) electrons. The second kappa shape index (κ2) is 3.87. The Morgan fingerprint density at radius 2 is 2.14 bits per heavy atom. The summed E-state index contributed by atoms with van der Waals surface area (Å²) >= 11 is 5.69. The second-order valence-electron chi connectivity index (χ2n) is 3.86. The highest BCUT2D eigenvalue weighted by molar-refractivity contribution is 6.30. The lowest BCUT2D eigenvalue weighted by atomic mass is 9.77. The maximum Gasteiger partial charge on any atom is 0.146 e. The zero-order chi connectivity index (χ0) is 10.1. The summed E-state index contributed by atoms with van der Waals surface area (Å²) in [6.07, 6.45) is 3.42. The van der Waals surface area contributed by atoms with Gasteiger partial charge in [0.05, 0.1) is 5.02 Å². The molecule has 1 nitrogen and oxygen atoms in total. The van der Waals surface area contributed by atoms with Crippen LogP contribution in [-0.2, 0) is 0 Å². The predicted molar refractivity (Wildman–Crippen MR) is 55.7 cm³/mol. The molecule has 1 saturated carbocycles. The lowest BCUT2D eigenvalue weighted by molar-refractivity contribution is 0.260. The Hall–Kier alpha value is -0.600. The molecule has 0 unspecified atom stereocenters. The van der Waals surface area contributed by atoms with Gasteiger partial charge in [0, 0.05) is 11.6 Å². The molecule has 14 heavy (non-hydrogen) atoms. The van der Waals surface area contributed by atoms with Crippen LogP contribution in [0.15, 0.2) is 18.2 Å². The van der Waals surface area contributed by atoms with E-state index in [9.17, 15) is 4.39 Å². The van der Waals surface area contributed by atoms with E-state index in [-0.39, 0.29) is 16.9 Å². The highest BCUT2D eigenvalue weighted by Crippen LogP contribution is 2.37. The van der Waals surface area contributed by atoms with Crippen LogP contribution in [0.3, 0.4) is 0 Å². The highest BCUT2D eigenvalue weighted by Gasteiger charge is 2.27. The van der Waals surface area contributed by atoms with Crippen molar-refractivity contribution in [3.63, 3.8) is 0 Å². The summed E-state index contributed by atoms with van der Waals surface area (Å²) in [6, 6.07) is 4.83. The van der Waals surface area contributed by atoms with Crippen molar-refractivity contribution in [3.8, 4) is 0 Å². The Bertz CT molecular complexity index is 336. The van der Waals surface area contributed by atoms with E-state index in [0.29, 0.717) is 11.5 Å². The van der Waals surface area contributed by atoms with Gasteiger partial charge in [-0.3, -0.25) is 0 Å². The zero-order valence-corrected chi connectivity index (χ0v) is 8.60. The number of benzene rings is 1. The SMILES string of the molecule is N[C@H](c1cccc(Cl)c1F)C1CCC1. The summed E-state index contributed by atoms with van der Waals surface area (Å²) in [6.45, 7) is 0. The molecule has 3 heteroatoms. The van der Waals surface area contributed by atoms with Gasteiger partial charge in [-0.15, -0.1) is 0 Å². The first-order valence-electron chi connectivity index (χ1n) is 4.89. The van der Waals surface area contributed by atoms with Crippen LogP contribution in [0.2, 0.25) is 5.02 Å². The van der Waals surface area contributed by atoms with Crippen molar-refractivity contribution in [1.29, 1.82) is 0 Å². The summed E-state index contributed by atoms with van der Waals surface area (Å²) in [5.41, 5.74) is 6.53. The Morgan fingerprint density at radius 1 is 1.43 bits per heavy atom. The normalized spacial score (nSPS) is 19.1. The highest BCUT2D eigenvalue weighted by atomic mass is 35.5. The fourth-order valence-electron chi connectivity index (χ4n) is 1.83. The molecule has 0 saturated heterocycles. The summed E-state index contributed by atoms with van der Waals surface area (Å²) in [7, 11) is 0. The average molecular weight is 214 g/mol. The summed E-state index contributed by atoms with van der Waals surface area (Å²) in [5.74, 6) is 0.0801. The molecular weight excluding hydrogens is 201 g/mol. The van der Waals surface area contributed by atoms with Crippen molar-refractivity contribution < 1.29 is 4.39 Å². The molecular formula is C11H13ClFN. The van der Waals surface area contributed by atoms with Crippen molar-refractivity contribution in [2.24, 2.45) is 11.7 Å². The third-order valence-electron chi connectivity index (χ3n) is 3.00. The molecule has 76 valence electrons. The molecule has 1 aromatic carbocycles. The lowest BCUT2D eigenvalue weighted by Gasteiger charge is -2.31. The molecule has 0 heterocycles. The molecule has 1 aromatic rings. The summed E-state index contributed by atoms with van der Waals surface area (Å²) in [4.78, 5) is 0. The van der Waals surface area contributed by atoms with Gasteiger partial charge in [0.15, 0.2) is 0 Å². The van der Waals surface area contributed by atoms with Crippen LogP contribution < -0.4 is 5.73 Å². The zero-order valence-electron chi connectivity index (χ0n) is 7.84. The van der Waals surface area contributed by atoms with Crippen molar-refractivity contribution in [3.05, 3.63) is 34.6 Å². The maximum absolute atomic E-state index is 13.6. The van der Waals surface area contributed by atoms with Gasteiger partial charge in [-0.05, 0) is 24.8 Å². The minimum absolute atomic E-state index is 0.164. The van der Waals surface area contributed by atoms with E-state index in [1.807, 2.05) is 0 Å². The van der Waals surface area contributed by atoms with Crippen molar-refractivity contribution in [1.82, 2.24) is 0 Å². The second-order valence-corrected chi connectivity index (χ2v) is 4.27. The smallest absolute Gasteiger partial charge is 0.146 e. The van der Waals surface area contributed by atoms with E-state index in [1.165, 1.54) is 6.42 Å². The minimum atomic E-state index is -0.353. The number of hydrogen-bond acceptors (Lipinski definition) is 1. The average Bonchev–Trinajstić information content (AvgIpc) is 2.06. The van der Waals surface area contributed by atoms with Crippen LogP contribution in [0.25, 0.3) is 0 Å². The number of halogens is 2. The van der Waals surface area contributed by atoms with E-state index in [2.05, 4.69) is 0 Å². The van der Waals surface area contributed by atoms with E-state index < -0.39 is 0 Å². The standard InChI is InChI=1S/C11H13ClFN/c12-9-6-2-5-8(10(9)13)11(14)7-3-1-4-7/h2,5-7,11H,1,3-4,14H2/t11-/m0/s1. The first-order chi connectivity index (χ1) is 6.70. The maximum atomic E-state index is 13.6. The predicted octanol–water partition coefficient (Wildman–Crippen LogP) is 3.28. The summed E-state index contributed by atoms with van der Waals surface area (Å²) < 4.78 is 13.6. The van der Waals surface area contributed by atoms with Gasteiger partial charge in [0.1, 0.15) is 5.82 Å². The topological polar surface area (TPSA) is 26.0 Å². The Morgan fingerprint density at radius 3 is 2.71 bits per heavy atom. The van der Waals surface area contributed by atoms with E-state index in [1.54, 1.807) is 18.2 Å². The Balaban J connectivity index is 2.26. The van der Waals surface area contributed by atoms with Gasteiger partial charge in [0.25, 0.3) is 0 Å². The Labute approximate surface area is 88.1 Å². The largest absolute Gasteiger partial charge is 0.324 e. The number of nitrogens with two attached hydrogens (primary N) is 1. The first-order valence-corrected chi connectivity index (χ1v) is 5.27. The molecule has 0 spiro atoms. The Kier molecular flexibility index (Phi) is 2.75. The third-order valence-corrected chi connectivity index (χ3v) is 3.29. The molecule has 0 aromatic heterocycles. The van der Waals surface area contributed by atoms with Gasteiger partial charge in [-0.25, -0.2) is 4.39 Å². The van der Waals surface area contributed by atoms with Crippen molar-refractivity contribution in [2.75, 3.05) is 0 Å². The molecule has 2 rings (SSSR count). The third kappa shape index (κ3) is 1.64. The molecule has 0 aliphatic heterocycles. The van der Waals surface area contributed by atoms with Crippen molar-refractivity contribution in [2.45, 2.75) is 25.3 Å². The lowest BCUT2D eigenvalue weighted by Crippen LogP contribution is -2.27. The quantitative estimate of drug-likeness (QED) is 0.802.